The number of benzene rings is 3. The molecule has 0 atom stereocenters. The molecule has 3 aromatic rings. The van der Waals surface area contributed by atoms with Crippen molar-refractivity contribution in [2.75, 3.05) is 6.61 Å². The summed E-state index contributed by atoms with van der Waals surface area (Å²) in [5, 5.41) is 2.95. The fraction of sp³-hybridized carbons (Fsp3) is 0.136. The van der Waals surface area contributed by atoms with Gasteiger partial charge in [-0.25, -0.2) is 0 Å². The molecule has 1 N–H and O–H groups in total. The number of carbonyl (C=O) groups is 1. The van der Waals surface area contributed by atoms with Gasteiger partial charge < -0.3 is 10.1 Å². The zero-order valence-electron chi connectivity index (χ0n) is 14.3. The lowest BCUT2D eigenvalue weighted by Gasteiger charge is -2.12. The lowest BCUT2D eigenvalue weighted by molar-refractivity contribution is 0.0947. The first-order valence-corrected chi connectivity index (χ1v) is 9.30. The maximum Gasteiger partial charge on any atom is 0.255 e. The van der Waals surface area contributed by atoms with Crippen molar-refractivity contribution in [3.63, 3.8) is 0 Å². The number of hydrogen-bond donors (Lipinski definition) is 1. The summed E-state index contributed by atoms with van der Waals surface area (Å²) in [4.78, 5) is 12.6. The third-order valence-corrected chi connectivity index (χ3v) is 4.47. The molecule has 0 fully saturated rings. The summed E-state index contributed by atoms with van der Waals surface area (Å²) in [6.07, 6.45) is 0.794. The van der Waals surface area contributed by atoms with Gasteiger partial charge in [-0.05, 0) is 29.3 Å². The molecule has 3 aromatic carbocycles. The van der Waals surface area contributed by atoms with Crippen LogP contribution in [0, 0.1) is 0 Å². The number of ether oxygens (including phenoxy) is 1. The lowest BCUT2D eigenvalue weighted by Crippen LogP contribution is -2.23. The van der Waals surface area contributed by atoms with Gasteiger partial charge in [-0.15, -0.1) is 0 Å². The molecular weight excluding hydrogens is 390 g/mol. The molecule has 0 unspecified atom stereocenters. The van der Waals surface area contributed by atoms with Gasteiger partial charge in [0.15, 0.2) is 0 Å². The normalized spacial score (nSPS) is 10.3. The van der Waals surface area contributed by atoms with E-state index in [0.29, 0.717) is 24.5 Å². The van der Waals surface area contributed by atoms with Crippen molar-refractivity contribution >= 4 is 21.8 Å². The number of halogens is 1. The van der Waals surface area contributed by atoms with Gasteiger partial charge in [-0.3, -0.25) is 4.79 Å². The summed E-state index contributed by atoms with van der Waals surface area (Å²) in [5.41, 5.74) is 2.80. The van der Waals surface area contributed by atoms with E-state index in [4.69, 9.17) is 4.74 Å². The molecular formula is C22H20BrNO2. The molecule has 4 heteroatoms. The van der Waals surface area contributed by atoms with Crippen LogP contribution in [-0.2, 0) is 13.0 Å². The summed E-state index contributed by atoms with van der Waals surface area (Å²) < 4.78 is 6.73. The summed E-state index contributed by atoms with van der Waals surface area (Å²) in [7, 11) is 0. The number of rotatable bonds is 7. The summed E-state index contributed by atoms with van der Waals surface area (Å²) in [6, 6.07) is 25.5. The van der Waals surface area contributed by atoms with E-state index in [-0.39, 0.29) is 5.91 Å². The van der Waals surface area contributed by atoms with Crippen LogP contribution < -0.4 is 10.1 Å². The largest absolute Gasteiger partial charge is 0.492 e. The summed E-state index contributed by atoms with van der Waals surface area (Å²) >= 11 is 3.43. The fourth-order valence-electron chi connectivity index (χ4n) is 2.60. The van der Waals surface area contributed by atoms with Gasteiger partial charge in [0.1, 0.15) is 5.75 Å². The van der Waals surface area contributed by atoms with E-state index in [1.807, 2.05) is 60.7 Å². The average molecular weight is 410 g/mol. The minimum atomic E-state index is -0.148. The molecule has 0 heterocycles. The molecule has 26 heavy (non-hydrogen) atoms. The molecule has 0 spiro atoms. The Morgan fingerprint density at radius 3 is 2.23 bits per heavy atom. The molecule has 132 valence electrons. The Kier molecular flexibility index (Phi) is 6.45. The van der Waals surface area contributed by atoms with Crippen LogP contribution in [-0.4, -0.2) is 12.5 Å². The number of amides is 1. The Labute approximate surface area is 162 Å². The number of nitrogens with one attached hydrogen (secondary N) is 1. The van der Waals surface area contributed by atoms with E-state index in [9.17, 15) is 4.79 Å². The highest BCUT2D eigenvalue weighted by Crippen LogP contribution is 2.23. The van der Waals surface area contributed by atoms with Gasteiger partial charge in [-0.1, -0.05) is 76.6 Å². The highest BCUT2D eigenvalue weighted by atomic mass is 79.9. The summed E-state index contributed by atoms with van der Waals surface area (Å²) in [5.74, 6) is 0.444. The topological polar surface area (TPSA) is 38.3 Å². The van der Waals surface area contributed by atoms with Gasteiger partial charge in [0, 0.05) is 17.4 Å². The van der Waals surface area contributed by atoms with Crippen molar-refractivity contribution in [1.29, 1.82) is 0 Å². The van der Waals surface area contributed by atoms with E-state index < -0.39 is 0 Å². The van der Waals surface area contributed by atoms with Gasteiger partial charge in [-0.2, -0.15) is 0 Å². The predicted molar refractivity (Wildman–Crippen MR) is 107 cm³/mol. The minimum Gasteiger partial charge on any atom is -0.492 e. The third-order valence-electron chi connectivity index (χ3n) is 3.97. The molecule has 1 amide bonds. The third kappa shape index (κ3) is 5.20. The Hall–Kier alpha value is -2.59. The maximum absolute atomic E-state index is 12.6. The average Bonchev–Trinajstić information content (AvgIpc) is 2.69. The smallest absolute Gasteiger partial charge is 0.255 e. The van der Waals surface area contributed by atoms with Crippen LogP contribution in [0.15, 0.2) is 83.3 Å². The van der Waals surface area contributed by atoms with E-state index in [0.717, 1.165) is 16.5 Å². The maximum atomic E-state index is 12.6. The van der Waals surface area contributed by atoms with Crippen LogP contribution in [0.25, 0.3) is 0 Å². The first-order valence-electron chi connectivity index (χ1n) is 8.51. The SMILES string of the molecule is O=C(NCc1ccccc1)c1cc(Br)ccc1OCCc1ccccc1. The van der Waals surface area contributed by atoms with Crippen LogP contribution in [0.5, 0.6) is 5.75 Å². The summed E-state index contributed by atoms with van der Waals surface area (Å²) in [6.45, 7) is 1.00. The van der Waals surface area contributed by atoms with Crippen LogP contribution in [0.3, 0.4) is 0 Å². The first-order chi connectivity index (χ1) is 12.7. The molecule has 0 aliphatic carbocycles. The van der Waals surface area contributed by atoms with Crippen LogP contribution in [0.4, 0.5) is 0 Å². The molecule has 3 nitrogen and oxygen atoms in total. The molecule has 0 saturated heterocycles. The van der Waals surface area contributed by atoms with Crippen molar-refractivity contribution < 1.29 is 9.53 Å². The van der Waals surface area contributed by atoms with Crippen molar-refractivity contribution in [3.05, 3.63) is 100 Å². The molecule has 0 aliphatic rings. The molecule has 0 aromatic heterocycles. The Balaban J connectivity index is 1.64. The minimum absolute atomic E-state index is 0.148. The zero-order chi connectivity index (χ0) is 18.2. The highest BCUT2D eigenvalue weighted by Gasteiger charge is 2.13. The van der Waals surface area contributed by atoms with E-state index in [2.05, 4.69) is 33.4 Å². The van der Waals surface area contributed by atoms with E-state index in [1.165, 1.54) is 5.56 Å². The number of hydrogen-bond acceptors (Lipinski definition) is 2. The lowest BCUT2D eigenvalue weighted by atomic mass is 10.1. The molecule has 0 aliphatic heterocycles. The highest BCUT2D eigenvalue weighted by molar-refractivity contribution is 9.10. The molecule has 3 rings (SSSR count). The molecule has 0 bridgehead atoms. The van der Waals surface area contributed by atoms with Crippen molar-refractivity contribution in [3.8, 4) is 5.75 Å². The molecule has 0 saturated carbocycles. The van der Waals surface area contributed by atoms with Crippen molar-refractivity contribution in [2.45, 2.75) is 13.0 Å². The van der Waals surface area contributed by atoms with E-state index in [1.54, 1.807) is 6.07 Å². The Bertz CT molecular complexity index is 851. The van der Waals surface area contributed by atoms with Crippen molar-refractivity contribution in [1.82, 2.24) is 5.32 Å². The van der Waals surface area contributed by atoms with Gasteiger partial charge in [0.2, 0.25) is 0 Å². The van der Waals surface area contributed by atoms with Crippen LogP contribution in [0.2, 0.25) is 0 Å². The van der Waals surface area contributed by atoms with Crippen LogP contribution >= 0.6 is 15.9 Å². The van der Waals surface area contributed by atoms with Crippen LogP contribution in [0.1, 0.15) is 21.5 Å². The zero-order valence-corrected chi connectivity index (χ0v) is 15.9. The fourth-order valence-corrected chi connectivity index (χ4v) is 2.96. The van der Waals surface area contributed by atoms with Gasteiger partial charge in [0.25, 0.3) is 5.91 Å². The quantitative estimate of drug-likeness (QED) is 0.595. The first kappa shape index (κ1) is 18.2. The Morgan fingerprint density at radius 2 is 1.54 bits per heavy atom. The predicted octanol–water partition coefficient (Wildman–Crippen LogP) is 5.00. The second-order valence-electron chi connectivity index (χ2n) is 5.89. The molecule has 0 radical (unpaired) electrons. The van der Waals surface area contributed by atoms with Gasteiger partial charge in [0.05, 0.1) is 12.2 Å². The second-order valence-corrected chi connectivity index (χ2v) is 6.81. The van der Waals surface area contributed by atoms with Gasteiger partial charge >= 0.3 is 0 Å². The van der Waals surface area contributed by atoms with Crippen molar-refractivity contribution in [2.24, 2.45) is 0 Å². The second kappa shape index (κ2) is 9.20. The monoisotopic (exact) mass is 409 g/mol. The number of carbonyl (C=O) groups excluding carboxylic acids is 1. The standard InChI is InChI=1S/C22H20BrNO2/c23-19-11-12-21(26-14-13-17-7-3-1-4-8-17)20(15-19)22(25)24-16-18-9-5-2-6-10-18/h1-12,15H,13-14,16H2,(H,24,25). The Morgan fingerprint density at radius 1 is 0.885 bits per heavy atom. The van der Waals surface area contributed by atoms with E-state index >= 15 is 0 Å².